The van der Waals surface area contributed by atoms with Crippen molar-refractivity contribution >= 4 is 34.1 Å². The van der Waals surface area contributed by atoms with Crippen LogP contribution >= 0.6 is 23.2 Å². The van der Waals surface area contributed by atoms with Gasteiger partial charge in [0.2, 0.25) is 0 Å². The first kappa shape index (κ1) is 14.8. The van der Waals surface area contributed by atoms with Crippen LogP contribution in [-0.4, -0.2) is 19.7 Å². The molecule has 0 N–H and O–H groups in total. The summed E-state index contributed by atoms with van der Waals surface area (Å²) in [4.78, 5) is 8.06. The zero-order chi connectivity index (χ0) is 15.7. The van der Waals surface area contributed by atoms with Crippen LogP contribution in [0.15, 0.2) is 42.7 Å². The van der Waals surface area contributed by atoms with E-state index < -0.39 is 0 Å². The zero-order valence-electron chi connectivity index (χ0n) is 11.8. The molecule has 0 fully saturated rings. The minimum absolute atomic E-state index is 0.205. The largest absolute Gasteiger partial charge is 0.422 e. The van der Waals surface area contributed by atoms with Crippen molar-refractivity contribution in [2.24, 2.45) is 0 Å². The summed E-state index contributed by atoms with van der Waals surface area (Å²) in [5.74, 6) is 0.570. The number of fused-ring (bicyclic) bond motifs is 1. The Morgan fingerprint density at radius 1 is 1.27 bits per heavy atom. The maximum absolute atomic E-state index is 6.19. The van der Waals surface area contributed by atoms with Gasteiger partial charge in [0.05, 0.1) is 24.0 Å². The minimum Gasteiger partial charge on any atom is -0.422 e. The molecule has 0 aliphatic heterocycles. The number of nitrogens with zero attached hydrogens (tertiary/aromatic N) is 4. The SMILES string of the molecule is C=C(C)Cn1nc(Cl)c2cccc(Oc3ncc(Cl)cn3)c21. The van der Waals surface area contributed by atoms with Gasteiger partial charge in [-0.2, -0.15) is 5.10 Å². The van der Waals surface area contributed by atoms with Crippen LogP contribution in [0.25, 0.3) is 10.9 Å². The maximum Gasteiger partial charge on any atom is 0.322 e. The van der Waals surface area contributed by atoms with Gasteiger partial charge >= 0.3 is 6.01 Å². The van der Waals surface area contributed by atoms with Crippen molar-refractivity contribution in [3.8, 4) is 11.8 Å². The smallest absolute Gasteiger partial charge is 0.322 e. The Hall–Kier alpha value is -2.11. The third kappa shape index (κ3) is 2.91. The Labute approximate surface area is 137 Å². The molecule has 5 nitrogen and oxygen atoms in total. The van der Waals surface area contributed by atoms with Gasteiger partial charge in [0.1, 0.15) is 5.52 Å². The van der Waals surface area contributed by atoms with Crippen LogP contribution in [0.3, 0.4) is 0 Å². The lowest BCUT2D eigenvalue weighted by Crippen LogP contribution is -2.02. The number of ether oxygens (including phenoxy) is 1. The van der Waals surface area contributed by atoms with Gasteiger partial charge in [0.25, 0.3) is 0 Å². The first-order valence-electron chi connectivity index (χ1n) is 6.49. The Morgan fingerprint density at radius 2 is 2.00 bits per heavy atom. The maximum atomic E-state index is 6.19. The molecule has 0 saturated carbocycles. The van der Waals surface area contributed by atoms with Gasteiger partial charge in [-0.15, -0.1) is 0 Å². The average molecular weight is 335 g/mol. The van der Waals surface area contributed by atoms with Gasteiger partial charge in [-0.25, -0.2) is 9.97 Å². The number of hydrogen-bond donors (Lipinski definition) is 0. The van der Waals surface area contributed by atoms with Gasteiger partial charge in [-0.3, -0.25) is 4.68 Å². The summed E-state index contributed by atoms with van der Waals surface area (Å²) >= 11 is 12.0. The lowest BCUT2D eigenvalue weighted by molar-refractivity contribution is 0.443. The summed E-state index contributed by atoms with van der Waals surface area (Å²) in [6.07, 6.45) is 2.95. The number of hydrogen-bond acceptors (Lipinski definition) is 4. The molecular weight excluding hydrogens is 323 g/mol. The van der Waals surface area contributed by atoms with Crippen molar-refractivity contribution in [1.29, 1.82) is 0 Å². The second-order valence-corrected chi connectivity index (χ2v) is 5.64. The predicted molar refractivity (Wildman–Crippen MR) is 86.7 cm³/mol. The predicted octanol–water partition coefficient (Wildman–Crippen LogP) is 4.50. The molecular formula is C15H12Cl2N4O. The second kappa shape index (κ2) is 5.94. The number of rotatable bonds is 4. The van der Waals surface area contributed by atoms with Gasteiger partial charge in [0.15, 0.2) is 10.9 Å². The molecule has 3 aromatic rings. The summed E-state index contributed by atoms with van der Waals surface area (Å²) in [6.45, 7) is 6.38. The fourth-order valence-corrected chi connectivity index (χ4v) is 2.41. The molecule has 0 unspecified atom stereocenters. The second-order valence-electron chi connectivity index (χ2n) is 4.84. The van der Waals surface area contributed by atoms with Crippen LogP contribution in [-0.2, 0) is 6.54 Å². The Bertz CT molecular complexity index is 843. The number of allylic oxidation sites excluding steroid dienone is 1. The highest BCUT2D eigenvalue weighted by atomic mass is 35.5. The van der Waals surface area contributed by atoms with E-state index in [-0.39, 0.29) is 6.01 Å². The molecule has 22 heavy (non-hydrogen) atoms. The summed E-state index contributed by atoms with van der Waals surface area (Å²) in [6, 6.07) is 5.74. The summed E-state index contributed by atoms with van der Waals surface area (Å²) < 4.78 is 7.51. The summed E-state index contributed by atoms with van der Waals surface area (Å²) in [7, 11) is 0. The van der Waals surface area contributed by atoms with E-state index in [4.69, 9.17) is 27.9 Å². The molecule has 0 spiro atoms. The molecule has 2 aromatic heterocycles. The third-order valence-corrected chi connectivity index (χ3v) is 3.38. The van der Waals surface area contributed by atoms with E-state index >= 15 is 0 Å². The summed E-state index contributed by atoms with van der Waals surface area (Å²) in [5, 5.41) is 5.99. The van der Waals surface area contributed by atoms with Crippen molar-refractivity contribution in [3.05, 3.63) is 52.9 Å². The van der Waals surface area contributed by atoms with Crippen LogP contribution in [0.4, 0.5) is 0 Å². The lowest BCUT2D eigenvalue weighted by atomic mass is 10.2. The standard InChI is InChI=1S/C15H12Cl2N4O/c1-9(2)8-21-13-11(14(17)20-21)4-3-5-12(13)22-15-18-6-10(16)7-19-15/h3-7H,1,8H2,2H3. The molecule has 0 bridgehead atoms. The molecule has 2 heterocycles. The van der Waals surface area contributed by atoms with Gasteiger partial charge in [0, 0.05) is 5.39 Å². The lowest BCUT2D eigenvalue weighted by Gasteiger charge is -2.08. The van der Waals surface area contributed by atoms with Gasteiger partial charge in [-0.05, 0) is 19.1 Å². The quantitative estimate of drug-likeness (QED) is 0.659. The van der Waals surface area contributed by atoms with Crippen LogP contribution in [0.2, 0.25) is 10.2 Å². The molecule has 1 aromatic carbocycles. The van der Waals surface area contributed by atoms with Gasteiger partial charge < -0.3 is 4.74 Å². The molecule has 7 heteroatoms. The molecule has 0 aliphatic carbocycles. The highest BCUT2D eigenvalue weighted by molar-refractivity contribution is 6.34. The van der Waals surface area contributed by atoms with Crippen LogP contribution < -0.4 is 4.74 Å². The van der Waals surface area contributed by atoms with Crippen molar-refractivity contribution in [3.63, 3.8) is 0 Å². The van der Waals surface area contributed by atoms with Crippen molar-refractivity contribution in [2.45, 2.75) is 13.5 Å². The number of para-hydroxylation sites is 1. The van der Waals surface area contributed by atoms with Crippen LogP contribution in [0.1, 0.15) is 6.92 Å². The fourth-order valence-electron chi connectivity index (χ4n) is 2.07. The van der Waals surface area contributed by atoms with Crippen molar-refractivity contribution < 1.29 is 4.74 Å². The molecule has 3 rings (SSSR count). The number of aromatic nitrogens is 4. The van der Waals surface area contributed by atoms with Crippen molar-refractivity contribution in [1.82, 2.24) is 19.7 Å². The molecule has 0 aliphatic rings. The number of benzene rings is 1. The summed E-state index contributed by atoms with van der Waals surface area (Å²) in [5.41, 5.74) is 1.73. The van der Waals surface area contributed by atoms with E-state index in [1.54, 1.807) is 4.68 Å². The molecule has 0 atom stereocenters. The van der Waals surface area contributed by atoms with E-state index in [2.05, 4.69) is 21.6 Å². The molecule has 0 saturated heterocycles. The number of halogens is 2. The molecule has 0 amide bonds. The van der Waals surface area contributed by atoms with E-state index in [0.717, 1.165) is 16.5 Å². The highest BCUT2D eigenvalue weighted by Gasteiger charge is 2.15. The molecule has 112 valence electrons. The first-order valence-corrected chi connectivity index (χ1v) is 7.25. The minimum atomic E-state index is 0.205. The van der Waals surface area contributed by atoms with Crippen molar-refractivity contribution in [2.75, 3.05) is 0 Å². The van der Waals surface area contributed by atoms with Crippen LogP contribution in [0, 0.1) is 0 Å². The monoisotopic (exact) mass is 334 g/mol. The van der Waals surface area contributed by atoms with E-state index in [1.165, 1.54) is 12.4 Å². The Morgan fingerprint density at radius 3 is 2.68 bits per heavy atom. The third-order valence-electron chi connectivity index (χ3n) is 2.91. The zero-order valence-corrected chi connectivity index (χ0v) is 13.3. The highest BCUT2D eigenvalue weighted by Crippen LogP contribution is 2.32. The fraction of sp³-hybridized carbons (Fsp3) is 0.133. The van der Waals surface area contributed by atoms with Crippen LogP contribution in [0.5, 0.6) is 11.8 Å². The van der Waals surface area contributed by atoms with E-state index in [1.807, 2.05) is 25.1 Å². The topological polar surface area (TPSA) is 52.8 Å². The van der Waals surface area contributed by atoms with E-state index in [0.29, 0.717) is 22.5 Å². The average Bonchev–Trinajstić information content (AvgIpc) is 2.78. The first-order chi connectivity index (χ1) is 10.5. The normalized spacial score (nSPS) is 10.9. The molecule has 0 radical (unpaired) electrons. The Kier molecular flexibility index (Phi) is 4.00. The van der Waals surface area contributed by atoms with E-state index in [9.17, 15) is 0 Å². The Balaban J connectivity index is 2.08. The van der Waals surface area contributed by atoms with Gasteiger partial charge in [-0.1, -0.05) is 41.4 Å².